The molecule has 4 rings (SSSR count). The van der Waals surface area contributed by atoms with Crippen LogP contribution in [0.4, 0.5) is 0 Å². The van der Waals surface area contributed by atoms with Gasteiger partial charge in [-0.05, 0) is 58.8 Å². The number of aromatic nitrogens is 5. The summed E-state index contributed by atoms with van der Waals surface area (Å²) in [5, 5.41) is 10.8. The fourth-order valence-corrected chi connectivity index (χ4v) is 4.51. The molecule has 0 unspecified atom stereocenters. The van der Waals surface area contributed by atoms with Crippen molar-refractivity contribution in [1.82, 2.24) is 34.7 Å². The maximum atomic E-state index is 12.9. The average Bonchev–Trinajstić information content (AvgIpc) is 3.38. The Morgan fingerprint density at radius 2 is 1.89 bits per heavy atom. The van der Waals surface area contributed by atoms with Crippen molar-refractivity contribution < 1.29 is 9.32 Å². The van der Waals surface area contributed by atoms with Crippen LogP contribution in [0.2, 0.25) is 0 Å². The van der Waals surface area contributed by atoms with Crippen molar-refractivity contribution in [2.75, 3.05) is 20.1 Å². The Labute approximate surface area is 209 Å². The molecule has 11 nitrogen and oxygen atoms in total. The van der Waals surface area contributed by atoms with E-state index in [9.17, 15) is 14.4 Å². The first-order valence-corrected chi connectivity index (χ1v) is 12.5. The van der Waals surface area contributed by atoms with E-state index in [1.165, 1.54) is 32.1 Å². The fraction of sp³-hybridized carbons (Fsp3) is 0.520. The minimum absolute atomic E-state index is 0.138. The molecule has 11 heteroatoms. The van der Waals surface area contributed by atoms with Gasteiger partial charge in [0, 0.05) is 19.1 Å². The third-order valence-corrected chi connectivity index (χ3v) is 6.66. The van der Waals surface area contributed by atoms with Crippen molar-refractivity contribution in [2.45, 2.75) is 65.0 Å². The Bertz CT molecular complexity index is 1300. The fourth-order valence-electron chi connectivity index (χ4n) is 4.51. The Morgan fingerprint density at radius 1 is 1.17 bits per heavy atom. The molecule has 1 aliphatic rings. The summed E-state index contributed by atoms with van der Waals surface area (Å²) in [4.78, 5) is 44.7. The summed E-state index contributed by atoms with van der Waals surface area (Å²) in [5.41, 5.74) is 0.118. The van der Waals surface area contributed by atoms with Crippen LogP contribution < -0.4 is 16.6 Å². The molecule has 0 spiro atoms. The molecule has 3 aromatic rings. The maximum absolute atomic E-state index is 12.9. The second kappa shape index (κ2) is 11.4. The predicted octanol–water partition coefficient (Wildman–Crippen LogP) is 2.16. The van der Waals surface area contributed by atoms with Gasteiger partial charge in [-0.15, -0.1) is 0 Å². The molecule has 0 atom stereocenters. The van der Waals surface area contributed by atoms with Gasteiger partial charge in [-0.1, -0.05) is 42.1 Å². The Morgan fingerprint density at radius 3 is 2.58 bits per heavy atom. The van der Waals surface area contributed by atoms with Crippen LogP contribution >= 0.6 is 0 Å². The van der Waals surface area contributed by atoms with Crippen molar-refractivity contribution in [1.29, 1.82) is 0 Å². The molecule has 1 aliphatic carbocycles. The monoisotopic (exact) mass is 495 g/mol. The lowest BCUT2D eigenvalue weighted by molar-refractivity contribution is 0.0906. The van der Waals surface area contributed by atoms with E-state index < -0.39 is 17.2 Å². The topological polar surface area (TPSA) is 128 Å². The number of amides is 1. The highest BCUT2D eigenvalue weighted by atomic mass is 16.5. The SMILES string of the molecule is CCn1c(=O)c(-c2noc(C(=O)NCCCN(C)C3CCCCC3)n2)nn(-c2ccc(C)cc2)c1=O. The largest absolute Gasteiger partial charge is 0.352 e. The van der Waals surface area contributed by atoms with Gasteiger partial charge in [-0.3, -0.25) is 14.2 Å². The zero-order valence-corrected chi connectivity index (χ0v) is 21.1. The maximum Gasteiger partial charge on any atom is 0.352 e. The van der Waals surface area contributed by atoms with E-state index >= 15 is 0 Å². The van der Waals surface area contributed by atoms with Crippen LogP contribution in [0.15, 0.2) is 38.4 Å². The molecular weight excluding hydrogens is 462 g/mol. The Kier molecular flexibility index (Phi) is 8.09. The van der Waals surface area contributed by atoms with Crippen LogP contribution in [-0.4, -0.2) is 61.5 Å². The summed E-state index contributed by atoms with van der Waals surface area (Å²) in [5.74, 6) is -0.926. The second-order valence-electron chi connectivity index (χ2n) is 9.23. The lowest BCUT2D eigenvalue weighted by Crippen LogP contribution is -2.41. The lowest BCUT2D eigenvalue weighted by atomic mass is 9.94. The molecule has 0 radical (unpaired) electrons. The normalized spacial score (nSPS) is 14.3. The number of rotatable bonds is 9. The molecule has 2 aromatic heterocycles. The van der Waals surface area contributed by atoms with E-state index in [1.807, 2.05) is 19.1 Å². The van der Waals surface area contributed by atoms with E-state index in [0.29, 0.717) is 18.3 Å². The van der Waals surface area contributed by atoms with Crippen LogP contribution in [-0.2, 0) is 6.54 Å². The first kappa shape index (κ1) is 25.5. The molecule has 1 amide bonds. The summed E-state index contributed by atoms with van der Waals surface area (Å²) >= 11 is 0. The molecule has 1 aromatic carbocycles. The van der Waals surface area contributed by atoms with Crippen molar-refractivity contribution >= 4 is 5.91 Å². The highest BCUT2D eigenvalue weighted by Crippen LogP contribution is 2.21. The van der Waals surface area contributed by atoms with Gasteiger partial charge in [0.15, 0.2) is 5.69 Å². The lowest BCUT2D eigenvalue weighted by Gasteiger charge is -2.31. The van der Waals surface area contributed by atoms with E-state index in [0.717, 1.165) is 27.8 Å². The summed E-state index contributed by atoms with van der Waals surface area (Å²) in [7, 11) is 2.13. The third kappa shape index (κ3) is 5.62. The van der Waals surface area contributed by atoms with E-state index in [2.05, 4.69) is 32.5 Å². The standard InChI is InChI=1S/C25H33N7O4/c1-4-31-24(34)20(28-32(25(31)35)19-13-11-17(2)12-14-19)21-27-23(36-29-21)22(33)26-15-8-16-30(3)18-9-6-5-7-10-18/h11-14,18H,4-10,15-16H2,1-3H3,(H,26,33). The Balaban J connectivity index is 1.46. The first-order valence-electron chi connectivity index (χ1n) is 12.5. The summed E-state index contributed by atoms with van der Waals surface area (Å²) in [6.45, 7) is 5.11. The van der Waals surface area contributed by atoms with Gasteiger partial charge in [0.25, 0.3) is 5.56 Å². The van der Waals surface area contributed by atoms with Crippen molar-refractivity contribution in [2.24, 2.45) is 0 Å². The molecule has 0 bridgehead atoms. The number of carbonyl (C=O) groups is 1. The molecule has 1 N–H and O–H groups in total. The van der Waals surface area contributed by atoms with Gasteiger partial charge in [0.2, 0.25) is 5.82 Å². The molecule has 36 heavy (non-hydrogen) atoms. The van der Waals surface area contributed by atoms with Crippen LogP contribution in [0.1, 0.15) is 61.7 Å². The third-order valence-electron chi connectivity index (χ3n) is 6.66. The van der Waals surface area contributed by atoms with Crippen molar-refractivity contribution in [3.8, 4) is 17.2 Å². The molecule has 0 saturated heterocycles. The van der Waals surface area contributed by atoms with Crippen LogP contribution in [0.25, 0.3) is 17.2 Å². The zero-order valence-electron chi connectivity index (χ0n) is 21.1. The predicted molar refractivity (Wildman–Crippen MR) is 134 cm³/mol. The highest BCUT2D eigenvalue weighted by molar-refractivity contribution is 5.89. The van der Waals surface area contributed by atoms with Crippen LogP contribution in [0, 0.1) is 6.92 Å². The van der Waals surface area contributed by atoms with Gasteiger partial charge < -0.3 is 14.7 Å². The molecular formula is C25H33N7O4. The van der Waals surface area contributed by atoms with E-state index in [1.54, 1.807) is 19.1 Å². The smallest absolute Gasteiger partial charge is 0.348 e. The number of carbonyl (C=O) groups excluding carboxylic acids is 1. The van der Waals surface area contributed by atoms with Crippen LogP contribution in [0.5, 0.6) is 0 Å². The Hall–Kier alpha value is -3.60. The molecule has 1 saturated carbocycles. The van der Waals surface area contributed by atoms with Gasteiger partial charge in [-0.2, -0.15) is 14.8 Å². The number of hydrogen-bond acceptors (Lipinski definition) is 8. The van der Waals surface area contributed by atoms with Gasteiger partial charge >= 0.3 is 17.5 Å². The first-order chi connectivity index (χ1) is 17.4. The summed E-state index contributed by atoms with van der Waals surface area (Å²) in [6.07, 6.45) is 7.15. The van der Waals surface area contributed by atoms with E-state index in [4.69, 9.17) is 4.52 Å². The molecule has 192 valence electrons. The number of nitrogens with zero attached hydrogens (tertiary/aromatic N) is 6. The van der Waals surface area contributed by atoms with Gasteiger partial charge in [-0.25, -0.2) is 4.79 Å². The molecule has 1 fully saturated rings. The van der Waals surface area contributed by atoms with Gasteiger partial charge in [0.05, 0.1) is 5.69 Å². The average molecular weight is 496 g/mol. The number of aryl methyl sites for hydroxylation is 1. The minimum atomic E-state index is -0.649. The quantitative estimate of drug-likeness (QED) is 0.447. The van der Waals surface area contributed by atoms with Crippen LogP contribution in [0.3, 0.4) is 0 Å². The summed E-state index contributed by atoms with van der Waals surface area (Å²) < 4.78 is 7.28. The van der Waals surface area contributed by atoms with E-state index in [-0.39, 0.29) is 24.0 Å². The minimum Gasteiger partial charge on any atom is -0.348 e. The zero-order chi connectivity index (χ0) is 25.7. The van der Waals surface area contributed by atoms with Crippen molar-refractivity contribution in [3.05, 3.63) is 56.6 Å². The highest BCUT2D eigenvalue weighted by Gasteiger charge is 2.23. The molecule has 0 aliphatic heterocycles. The number of benzene rings is 1. The second-order valence-corrected chi connectivity index (χ2v) is 9.23. The molecule has 2 heterocycles. The van der Waals surface area contributed by atoms with Gasteiger partial charge in [0.1, 0.15) is 0 Å². The number of nitrogens with one attached hydrogen (secondary N) is 1. The number of hydrogen-bond donors (Lipinski definition) is 1. The summed E-state index contributed by atoms with van der Waals surface area (Å²) in [6, 6.07) is 7.77. The van der Waals surface area contributed by atoms with Crippen molar-refractivity contribution in [3.63, 3.8) is 0 Å².